The third-order valence-corrected chi connectivity index (χ3v) is 3.93. The summed E-state index contributed by atoms with van der Waals surface area (Å²) in [6.07, 6.45) is -3.55. The van der Waals surface area contributed by atoms with Crippen molar-refractivity contribution >= 4 is 21.8 Å². The Bertz CT molecular complexity index is 501. The van der Waals surface area contributed by atoms with Gasteiger partial charge in [-0.2, -0.15) is 13.2 Å². The first-order valence-corrected chi connectivity index (χ1v) is 6.74. The van der Waals surface area contributed by atoms with E-state index in [9.17, 15) is 18.0 Å². The van der Waals surface area contributed by atoms with Crippen LogP contribution in [0.2, 0.25) is 0 Å². The maximum absolute atomic E-state index is 12.7. The van der Waals surface area contributed by atoms with Gasteiger partial charge in [0, 0.05) is 17.6 Å². The topological polar surface area (TPSA) is 20.3 Å². The molecule has 0 radical (unpaired) electrons. The second-order valence-corrected chi connectivity index (χ2v) is 5.69. The van der Waals surface area contributed by atoms with Gasteiger partial charge in [-0.1, -0.05) is 6.92 Å². The van der Waals surface area contributed by atoms with Crippen molar-refractivity contribution in [1.29, 1.82) is 0 Å². The number of halogens is 4. The molecule has 1 saturated heterocycles. The fourth-order valence-electron chi connectivity index (χ4n) is 2.16. The van der Waals surface area contributed by atoms with E-state index in [2.05, 4.69) is 15.9 Å². The molecule has 0 saturated carbocycles. The van der Waals surface area contributed by atoms with Crippen LogP contribution >= 0.6 is 15.9 Å². The van der Waals surface area contributed by atoms with E-state index in [1.165, 1.54) is 6.07 Å². The van der Waals surface area contributed by atoms with Crippen LogP contribution in [-0.4, -0.2) is 23.9 Å². The van der Waals surface area contributed by atoms with Crippen molar-refractivity contribution in [1.82, 2.24) is 4.90 Å². The molecule has 1 aromatic carbocycles. The quantitative estimate of drug-likeness (QED) is 0.760. The summed E-state index contributed by atoms with van der Waals surface area (Å²) < 4.78 is 38.4. The van der Waals surface area contributed by atoms with E-state index in [1.807, 2.05) is 6.92 Å². The van der Waals surface area contributed by atoms with E-state index in [0.717, 1.165) is 18.6 Å². The molecule has 1 fully saturated rings. The second kappa shape index (κ2) is 5.15. The monoisotopic (exact) mass is 335 g/mol. The van der Waals surface area contributed by atoms with Gasteiger partial charge in [0.1, 0.15) is 0 Å². The first-order valence-electron chi connectivity index (χ1n) is 5.95. The van der Waals surface area contributed by atoms with Crippen LogP contribution in [0.5, 0.6) is 0 Å². The Morgan fingerprint density at radius 3 is 2.63 bits per heavy atom. The molecule has 2 nitrogen and oxygen atoms in total. The number of carbonyl (C=O) groups is 1. The Morgan fingerprint density at radius 2 is 2.11 bits per heavy atom. The average Bonchev–Trinajstić information content (AvgIpc) is 2.74. The van der Waals surface area contributed by atoms with E-state index >= 15 is 0 Å². The number of carbonyl (C=O) groups excluding carboxylic acids is 1. The normalized spacial score (nSPS) is 19.8. The predicted octanol–water partition coefficient (Wildman–Crippen LogP) is 3.95. The molecular formula is C13H13BrF3NO. The lowest BCUT2D eigenvalue weighted by molar-refractivity contribution is -0.137. The smallest absolute Gasteiger partial charge is 0.338 e. The predicted molar refractivity (Wildman–Crippen MR) is 68.8 cm³/mol. The lowest BCUT2D eigenvalue weighted by atomic mass is 10.1. The summed E-state index contributed by atoms with van der Waals surface area (Å²) in [5.74, 6) is 0.0517. The summed E-state index contributed by atoms with van der Waals surface area (Å²) in [4.78, 5) is 13.8. The molecule has 0 spiro atoms. The minimum absolute atomic E-state index is 0.0731. The standard InChI is InChI=1S/C13H13BrF3NO/c1-8-4-5-18(7-8)12(19)10-6-9(13(15,16)17)2-3-11(10)14/h2-3,6,8H,4-5,7H2,1H3. The van der Waals surface area contributed by atoms with Crippen LogP contribution < -0.4 is 0 Å². The molecule has 2 rings (SSSR count). The maximum atomic E-state index is 12.7. The van der Waals surface area contributed by atoms with Gasteiger partial charge < -0.3 is 4.90 Å². The van der Waals surface area contributed by atoms with Crippen LogP contribution in [0.25, 0.3) is 0 Å². The van der Waals surface area contributed by atoms with Crippen molar-refractivity contribution in [2.75, 3.05) is 13.1 Å². The number of hydrogen-bond donors (Lipinski definition) is 0. The SMILES string of the molecule is CC1CCN(C(=O)c2cc(C(F)(F)F)ccc2Br)C1. The van der Waals surface area contributed by atoms with Crippen LogP contribution in [-0.2, 0) is 6.18 Å². The number of likely N-dealkylation sites (tertiary alicyclic amines) is 1. The molecule has 1 unspecified atom stereocenters. The van der Waals surface area contributed by atoms with Crippen molar-refractivity contribution in [2.45, 2.75) is 19.5 Å². The first-order chi connectivity index (χ1) is 8.79. The molecular weight excluding hydrogens is 323 g/mol. The summed E-state index contributed by atoms with van der Waals surface area (Å²) in [6.45, 7) is 3.22. The molecule has 1 atom stereocenters. The Morgan fingerprint density at radius 1 is 1.42 bits per heavy atom. The average molecular weight is 336 g/mol. The van der Waals surface area contributed by atoms with Crippen molar-refractivity contribution in [2.24, 2.45) is 5.92 Å². The van der Waals surface area contributed by atoms with Gasteiger partial charge in [-0.25, -0.2) is 0 Å². The number of amides is 1. The summed E-state index contributed by atoms with van der Waals surface area (Å²) in [5, 5.41) is 0. The van der Waals surface area contributed by atoms with Crippen molar-refractivity contribution in [3.63, 3.8) is 0 Å². The first kappa shape index (κ1) is 14.4. The van der Waals surface area contributed by atoms with Crippen LogP contribution in [0.4, 0.5) is 13.2 Å². The Kier molecular flexibility index (Phi) is 3.90. The second-order valence-electron chi connectivity index (χ2n) is 4.84. The fraction of sp³-hybridized carbons (Fsp3) is 0.462. The van der Waals surface area contributed by atoms with Crippen LogP contribution in [0.1, 0.15) is 29.3 Å². The number of alkyl halides is 3. The molecule has 104 valence electrons. The number of nitrogens with zero attached hydrogens (tertiary/aromatic N) is 1. The van der Waals surface area contributed by atoms with Crippen molar-refractivity contribution < 1.29 is 18.0 Å². The highest BCUT2D eigenvalue weighted by atomic mass is 79.9. The van der Waals surface area contributed by atoms with E-state index in [-0.39, 0.29) is 11.5 Å². The lowest BCUT2D eigenvalue weighted by Gasteiger charge is -2.18. The molecule has 19 heavy (non-hydrogen) atoms. The zero-order valence-electron chi connectivity index (χ0n) is 10.3. The Labute approximate surface area is 117 Å². The Hall–Kier alpha value is -1.04. The molecule has 1 aliphatic heterocycles. The van der Waals surface area contributed by atoms with Gasteiger partial charge in [0.2, 0.25) is 0 Å². The highest BCUT2D eigenvalue weighted by Crippen LogP contribution is 2.32. The van der Waals surface area contributed by atoms with E-state index in [0.29, 0.717) is 23.5 Å². The Balaban J connectivity index is 2.31. The van der Waals surface area contributed by atoms with Crippen LogP contribution in [0, 0.1) is 5.92 Å². The van der Waals surface area contributed by atoms with Gasteiger partial charge in [0.05, 0.1) is 11.1 Å². The molecule has 1 aromatic rings. The fourth-order valence-corrected chi connectivity index (χ4v) is 2.57. The zero-order chi connectivity index (χ0) is 14.2. The molecule has 1 heterocycles. The summed E-state index contributed by atoms with van der Waals surface area (Å²) in [6, 6.07) is 3.15. The van der Waals surface area contributed by atoms with E-state index in [1.54, 1.807) is 4.90 Å². The van der Waals surface area contributed by atoms with Crippen LogP contribution in [0.15, 0.2) is 22.7 Å². The molecule has 6 heteroatoms. The number of hydrogen-bond acceptors (Lipinski definition) is 1. The van der Waals surface area contributed by atoms with E-state index in [4.69, 9.17) is 0 Å². The minimum Gasteiger partial charge on any atom is -0.338 e. The van der Waals surface area contributed by atoms with Crippen molar-refractivity contribution in [3.05, 3.63) is 33.8 Å². The summed E-state index contributed by atoms with van der Waals surface area (Å²) in [7, 11) is 0. The molecule has 0 N–H and O–H groups in total. The highest BCUT2D eigenvalue weighted by molar-refractivity contribution is 9.10. The molecule has 1 amide bonds. The van der Waals surface area contributed by atoms with Gasteiger partial charge in [0.25, 0.3) is 5.91 Å². The van der Waals surface area contributed by atoms with Gasteiger partial charge >= 0.3 is 6.18 Å². The molecule has 0 bridgehead atoms. The maximum Gasteiger partial charge on any atom is 0.416 e. The van der Waals surface area contributed by atoms with E-state index < -0.39 is 11.7 Å². The highest BCUT2D eigenvalue weighted by Gasteiger charge is 2.33. The van der Waals surface area contributed by atoms with Gasteiger partial charge in [-0.3, -0.25) is 4.79 Å². The van der Waals surface area contributed by atoms with Crippen LogP contribution in [0.3, 0.4) is 0 Å². The third kappa shape index (κ3) is 3.11. The summed E-state index contributed by atoms with van der Waals surface area (Å²) >= 11 is 3.15. The molecule has 0 aromatic heterocycles. The number of benzene rings is 1. The number of rotatable bonds is 1. The van der Waals surface area contributed by atoms with Gasteiger partial charge in [-0.15, -0.1) is 0 Å². The van der Waals surface area contributed by atoms with Gasteiger partial charge in [0.15, 0.2) is 0 Å². The third-order valence-electron chi connectivity index (χ3n) is 3.24. The largest absolute Gasteiger partial charge is 0.416 e. The summed E-state index contributed by atoms with van der Waals surface area (Å²) in [5.41, 5.74) is -0.727. The molecule has 1 aliphatic rings. The molecule has 0 aliphatic carbocycles. The zero-order valence-corrected chi connectivity index (χ0v) is 11.9. The van der Waals surface area contributed by atoms with Crippen molar-refractivity contribution in [3.8, 4) is 0 Å². The minimum atomic E-state index is -4.44. The lowest BCUT2D eigenvalue weighted by Crippen LogP contribution is -2.29. The van der Waals surface area contributed by atoms with Gasteiger partial charge in [-0.05, 0) is 46.5 Å².